The van der Waals surface area contributed by atoms with E-state index in [1.165, 1.54) is 4.90 Å². The molecule has 0 aromatic heterocycles. The molecule has 2 aromatic rings. The maximum absolute atomic E-state index is 12.3. The van der Waals surface area contributed by atoms with Crippen molar-refractivity contribution in [2.24, 2.45) is 0 Å². The molecule has 0 bridgehead atoms. The average Bonchev–Trinajstić information content (AvgIpc) is 2.50. The Hall–Kier alpha value is -2.62. The molecule has 0 heterocycles. The fourth-order valence-electron chi connectivity index (χ4n) is 2.47. The maximum Gasteiger partial charge on any atom is 0.316 e. The van der Waals surface area contributed by atoms with E-state index >= 15 is 0 Å². The van der Waals surface area contributed by atoms with Crippen LogP contribution in [0.1, 0.15) is 16.7 Å². The highest BCUT2D eigenvalue weighted by Gasteiger charge is 2.21. The molecule has 0 spiro atoms. The number of carbonyl (C=O) groups excluding carboxylic acids is 2. The van der Waals surface area contributed by atoms with E-state index in [1.807, 2.05) is 51.1 Å². The molecule has 4 nitrogen and oxygen atoms in total. The Morgan fingerprint density at radius 2 is 1.50 bits per heavy atom. The molecule has 0 fully saturated rings. The first-order valence-corrected chi connectivity index (χ1v) is 7.12. The van der Waals surface area contributed by atoms with E-state index in [0.29, 0.717) is 11.4 Å². The second-order valence-electron chi connectivity index (χ2n) is 5.43. The molecule has 2 aromatic carbocycles. The summed E-state index contributed by atoms with van der Waals surface area (Å²) in [6, 6.07) is 13.0. The Morgan fingerprint density at radius 3 is 2.05 bits per heavy atom. The molecule has 0 saturated carbocycles. The van der Waals surface area contributed by atoms with Gasteiger partial charge >= 0.3 is 11.8 Å². The molecule has 2 rings (SSSR count). The first-order valence-electron chi connectivity index (χ1n) is 7.12. The summed E-state index contributed by atoms with van der Waals surface area (Å²) in [7, 11) is 1.59. The zero-order valence-electron chi connectivity index (χ0n) is 13.3. The number of amides is 2. The van der Waals surface area contributed by atoms with Gasteiger partial charge in [0.15, 0.2) is 0 Å². The number of para-hydroxylation sites is 1. The van der Waals surface area contributed by atoms with Crippen molar-refractivity contribution in [2.45, 2.75) is 20.8 Å². The van der Waals surface area contributed by atoms with Gasteiger partial charge in [0.05, 0.1) is 0 Å². The number of carbonyl (C=O) groups is 2. The highest BCUT2D eigenvalue weighted by atomic mass is 16.2. The third-order valence-electron chi connectivity index (χ3n) is 3.56. The van der Waals surface area contributed by atoms with E-state index in [1.54, 1.807) is 19.2 Å². The topological polar surface area (TPSA) is 49.4 Å². The minimum atomic E-state index is -0.638. The number of hydrogen-bond acceptors (Lipinski definition) is 2. The van der Waals surface area contributed by atoms with Gasteiger partial charge in [-0.3, -0.25) is 9.59 Å². The lowest BCUT2D eigenvalue weighted by Gasteiger charge is -2.18. The summed E-state index contributed by atoms with van der Waals surface area (Å²) >= 11 is 0. The molecule has 0 aliphatic rings. The molecule has 0 saturated heterocycles. The first kappa shape index (κ1) is 15.8. The van der Waals surface area contributed by atoms with Crippen molar-refractivity contribution in [3.8, 4) is 0 Å². The Bertz CT molecular complexity index is 685. The molecular formula is C18H20N2O2. The minimum Gasteiger partial charge on any atom is -0.317 e. The highest BCUT2D eigenvalue weighted by Crippen LogP contribution is 2.22. The number of rotatable bonds is 2. The smallest absolute Gasteiger partial charge is 0.316 e. The van der Waals surface area contributed by atoms with Gasteiger partial charge in [0.25, 0.3) is 0 Å². The van der Waals surface area contributed by atoms with E-state index < -0.39 is 11.8 Å². The zero-order chi connectivity index (χ0) is 16.3. The van der Waals surface area contributed by atoms with Crippen LogP contribution in [0, 0.1) is 20.8 Å². The SMILES string of the molecule is Cc1cc(C)c(NC(=O)C(=O)N(C)c2ccccc2)c(C)c1. The fraction of sp³-hybridized carbons (Fsp3) is 0.222. The summed E-state index contributed by atoms with van der Waals surface area (Å²) in [4.78, 5) is 25.8. The third kappa shape index (κ3) is 3.34. The van der Waals surface area contributed by atoms with E-state index in [2.05, 4.69) is 5.32 Å². The normalized spacial score (nSPS) is 10.2. The van der Waals surface area contributed by atoms with Gasteiger partial charge in [-0.2, -0.15) is 0 Å². The fourth-order valence-corrected chi connectivity index (χ4v) is 2.47. The molecule has 0 radical (unpaired) electrons. The van der Waals surface area contributed by atoms with Gasteiger partial charge in [-0.1, -0.05) is 35.9 Å². The van der Waals surface area contributed by atoms with Crippen molar-refractivity contribution in [1.82, 2.24) is 0 Å². The van der Waals surface area contributed by atoms with Crippen LogP contribution < -0.4 is 10.2 Å². The molecular weight excluding hydrogens is 276 g/mol. The summed E-state index contributed by atoms with van der Waals surface area (Å²) in [6.45, 7) is 5.84. The number of likely N-dealkylation sites (N-methyl/N-ethyl adjacent to an activating group) is 1. The van der Waals surface area contributed by atoms with Crippen LogP contribution in [-0.2, 0) is 9.59 Å². The standard InChI is InChI=1S/C18H20N2O2/c1-12-10-13(2)16(14(3)11-12)19-17(21)18(22)20(4)15-8-6-5-7-9-15/h5-11H,1-4H3,(H,19,21). The molecule has 0 atom stereocenters. The number of hydrogen-bond donors (Lipinski definition) is 1. The van der Waals surface area contributed by atoms with Crippen LogP contribution in [0.4, 0.5) is 11.4 Å². The van der Waals surface area contributed by atoms with Gasteiger partial charge in [0.2, 0.25) is 0 Å². The lowest BCUT2D eigenvalue weighted by molar-refractivity contribution is -0.134. The number of nitrogens with one attached hydrogen (secondary N) is 1. The first-order chi connectivity index (χ1) is 10.4. The maximum atomic E-state index is 12.3. The summed E-state index contributed by atoms with van der Waals surface area (Å²) in [6.07, 6.45) is 0. The van der Waals surface area contributed by atoms with Gasteiger partial charge < -0.3 is 10.2 Å². The van der Waals surface area contributed by atoms with Crippen molar-refractivity contribution in [2.75, 3.05) is 17.3 Å². The van der Waals surface area contributed by atoms with Crippen LogP contribution in [0.3, 0.4) is 0 Å². The molecule has 1 N–H and O–H groups in total. The van der Waals surface area contributed by atoms with Crippen molar-refractivity contribution in [3.63, 3.8) is 0 Å². The minimum absolute atomic E-state index is 0.592. The molecule has 0 aliphatic carbocycles. The second kappa shape index (κ2) is 6.43. The zero-order valence-corrected chi connectivity index (χ0v) is 13.3. The lowest BCUT2D eigenvalue weighted by Crippen LogP contribution is -2.37. The van der Waals surface area contributed by atoms with E-state index in [0.717, 1.165) is 16.7 Å². The van der Waals surface area contributed by atoms with Crippen LogP contribution in [0.25, 0.3) is 0 Å². The predicted molar refractivity (Wildman–Crippen MR) is 89.1 cm³/mol. The summed E-state index contributed by atoms with van der Waals surface area (Å²) in [5.41, 5.74) is 4.40. The number of nitrogens with zero attached hydrogens (tertiary/aromatic N) is 1. The monoisotopic (exact) mass is 296 g/mol. The van der Waals surface area contributed by atoms with Crippen LogP contribution >= 0.6 is 0 Å². The largest absolute Gasteiger partial charge is 0.317 e. The Labute approximate surface area is 130 Å². The summed E-state index contributed by atoms with van der Waals surface area (Å²) in [5.74, 6) is -1.23. The Morgan fingerprint density at radius 1 is 0.955 bits per heavy atom. The van der Waals surface area contributed by atoms with Crippen molar-refractivity contribution in [1.29, 1.82) is 0 Å². The lowest BCUT2D eigenvalue weighted by atomic mass is 10.1. The van der Waals surface area contributed by atoms with Gasteiger partial charge in [0.1, 0.15) is 0 Å². The Kier molecular flexibility index (Phi) is 4.61. The van der Waals surface area contributed by atoms with Crippen LogP contribution in [-0.4, -0.2) is 18.9 Å². The Balaban J connectivity index is 2.18. The van der Waals surface area contributed by atoms with Crippen molar-refractivity contribution < 1.29 is 9.59 Å². The van der Waals surface area contributed by atoms with Crippen LogP contribution in [0.5, 0.6) is 0 Å². The van der Waals surface area contributed by atoms with E-state index in [9.17, 15) is 9.59 Å². The molecule has 2 amide bonds. The quantitative estimate of drug-likeness (QED) is 0.865. The van der Waals surface area contributed by atoms with Gasteiger partial charge in [0, 0.05) is 18.4 Å². The molecule has 0 unspecified atom stereocenters. The van der Waals surface area contributed by atoms with E-state index in [-0.39, 0.29) is 0 Å². The van der Waals surface area contributed by atoms with Crippen molar-refractivity contribution >= 4 is 23.2 Å². The van der Waals surface area contributed by atoms with E-state index in [4.69, 9.17) is 0 Å². The molecule has 0 aliphatic heterocycles. The molecule has 4 heteroatoms. The van der Waals surface area contributed by atoms with Gasteiger partial charge in [-0.15, -0.1) is 0 Å². The highest BCUT2D eigenvalue weighted by molar-refractivity contribution is 6.44. The molecule has 114 valence electrons. The number of anilines is 2. The second-order valence-corrected chi connectivity index (χ2v) is 5.43. The summed E-state index contributed by atoms with van der Waals surface area (Å²) in [5, 5.41) is 2.73. The predicted octanol–water partition coefficient (Wildman–Crippen LogP) is 3.21. The van der Waals surface area contributed by atoms with Crippen molar-refractivity contribution in [3.05, 3.63) is 59.2 Å². The number of benzene rings is 2. The third-order valence-corrected chi connectivity index (χ3v) is 3.56. The van der Waals surface area contributed by atoms with Gasteiger partial charge in [-0.25, -0.2) is 0 Å². The van der Waals surface area contributed by atoms with Crippen LogP contribution in [0.15, 0.2) is 42.5 Å². The van der Waals surface area contributed by atoms with Gasteiger partial charge in [-0.05, 0) is 44.0 Å². The van der Waals surface area contributed by atoms with Crippen LogP contribution in [0.2, 0.25) is 0 Å². The number of aryl methyl sites for hydroxylation is 3. The summed E-state index contributed by atoms with van der Waals surface area (Å²) < 4.78 is 0. The molecule has 22 heavy (non-hydrogen) atoms. The average molecular weight is 296 g/mol.